The van der Waals surface area contributed by atoms with Gasteiger partial charge in [-0.25, -0.2) is 8.78 Å². The Morgan fingerprint density at radius 1 is 1.16 bits per heavy atom. The molecular formula is C13H14F2N4. The first-order chi connectivity index (χ1) is 9.19. The molecule has 0 radical (unpaired) electrons. The molecule has 0 unspecified atom stereocenters. The lowest BCUT2D eigenvalue weighted by atomic mass is 10.1. The number of nitrogens with zero attached hydrogens (tertiary/aromatic N) is 3. The van der Waals surface area contributed by atoms with Gasteiger partial charge >= 0.3 is 0 Å². The van der Waals surface area contributed by atoms with Crippen LogP contribution in [-0.2, 0) is 13.0 Å². The van der Waals surface area contributed by atoms with Crippen molar-refractivity contribution in [1.82, 2.24) is 14.8 Å². The molecule has 4 nitrogen and oxygen atoms in total. The third-order valence-electron chi connectivity index (χ3n) is 3.28. The maximum absolute atomic E-state index is 13.2. The minimum Gasteiger partial charge on any atom is -0.324 e. The van der Waals surface area contributed by atoms with Gasteiger partial charge < -0.3 is 10.3 Å². The fraction of sp³-hybridized carbons (Fsp3) is 0.385. The van der Waals surface area contributed by atoms with Gasteiger partial charge in [-0.2, -0.15) is 0 Å². The Morgan fingerprint density at radius 2 is 1.89 bits per heavy atom. The summed E-state index contributed by atoms with van der Waals surface area (Å²) < 4.78 is 28.1. The van der Waals surface area contributed by atoms with Crippen LogP contribution in [0.5, 0.6) is 0 Å². The van der Waals surface area contributed by atoms with Gasteiger partial charge in [-0.05, 0) is 30.5 Å². The van der Waals surface area contributed by atoms with E-state index in [9.17, 15) is 8.78 Å². The highest BCUT2D eigenvalue weighted by atomic mass is 19.2. The van der Waals surface area contributed by atoms with Gasteiger partial charge in [0.25, 0.3) is 0 Å². The second kappa shape index (κ2) is 4.70. The van der Waals surface area contributed by atoms with Gasteiger partial charge in [0.05, 0.1) is 6.54 Å². The molecule has 0 atom stereocenters. The van der Waals surface area contributed by atoms with Crippen molar-refractivity contribution in [2.24, 2.45) is 5.73 Å². The van der Waals surface area contributed by atoms with Crippen LogP contribution in [-0.4, -0.2) is 14.8 Å². The molecule has 1 aliphatic rings. The summed E-state index contributed by atoms with van der Waals surface area (Å²) in [5, 5.41) is 8.16. The molecule has 0 amide bonds. The van der Waals surface area contributed by atoms with Crippen LogP contribution in [0.2, 0.25) is 0 Å². The number of nitrogens with two attached hydrogens (primary N) is 1. The van der Waals surface area contributed by atoms with Crippen LogP contribution in [0.15, 0.2) is 18.2 Å². The first-order valence-electron chi connectivity index (χ1n) is 6.25. The zero-order valence-electron chi connectivity index (χ0n) is 10.3. The van der Waals surface area contributed by atoms with Gasteiger partial charge in [0.2, 0.25) is 0 Å². The maximum Gasteiger partial charge on any atom is 0.159 e. The van der Waals surface area contributed by atoms with E-state index in [1.165, 1.54) is 6.07 Å². The standard InChI is InChI=1S/C13H14F2N4/c14-10-4-1-8(5-11(10)15)6-12-17-18-13(7-16)19(12)9-2-3-9/h1,4-5,9H,2-3,6-7,16H2. The van der Waals surface area contributed by atoms with E-state index in [-0.39, 0.29) is 0 Å². The van der Waals surface area contributed by atoms with E-state index in [2.05, 4.69) is 10.2 Å². The molecule has 0 aliphatic heterocycles. The zero-order chi connectivity index (χ0) is 13.4. The summed E-state index contributed by atoms with van der Waals surface area (Å²) in [6.07, 6.45) is 2.62. The molecule has 1 aromatic heterocycles. The Hall–Kier alpha value is -1.82. The van der Waals surface area contributed by atoms with E-state index in [4.69, 9.17) is 5.73 Å². The zero-order valence-corrected chi connectivity index (χ0v) is 10.3. The summed E-state index contributed by atoms with van der Waals surface area (Å²) in [6.45, 7) is 0.335. The van der Waals surface area contributed by atoms with Crippen LogP contribution in [0, 0.1) is 11.6 Å². The molecule has 2 aromatic rings. The van der Waals surface area contributed by atoms with Crippen molar-refractivity contribution in [2.45, 2.75) is 31.8 Å². The fourth-order valence-corrected chi connectivity index (χ4v) is 2.21. The summed E-state index contributed by atoms with van der Waals surface area (Å²) in [5.41, 5.74) is 6.31. The first-order valence-corrected chi connectivity index (χ1v) is 6.25. The summed E-state index contributed by atoms with van der Waals surface area (Å²) >= 11 is 0. The molecule has 2 N–H and O–H groups in total. The largest absolute Gasteiger partial charge is 0.324 e. The van der Waals surface area contributed by atoms with Crippen molar-refractivity contribution in [2.75, 3.05) is 0 Å². The lowest BCUT2D eigenvalue weighted by molar-refractivity contribution is 0.507. The van der Waals surface area contributed by atoms with Gasteiger partial charge in [-0.1, -0.05) is 6.07 Å². The summed E-state index contributed by atoms with van der Waals surface area (Å²) in [5.74, 6) is -0.168. The molecule has 0 saturated heterocycles. The average molecular weight is 264 g/mol. The highest BCUT2D eigenvalue weighted by Gasteiger charge is 2.28. The van der Waals surface area contributed by atoms with Crippen LogP contribution in [0.1, 0.15) is 36.1 Å². The normalized spacial score (nSPS) is 14.9. The predicted molar refractivity (Wildman–Crippen MR) is 65.3 cm³/mol. The van der Waals surface area contributed by atoms with E-state index < -0.39 is 11.6 Å². The van der Waals surface area contributed by atoms with Crippen LogP contribution in [0.4, 0.5) is 8.78 Å². The first kappa shape index (κ1) is 12.2. The minimum absolute atomic E-state index is 0.335. The second-order valence-corrected chi connectivity index (χ2v) is 4.76. The summed E-state index contributed by atoms with van der Waals surface area (Å²) in [4.78, 5) is 0. The van der Waals surface area contributed by atoms with Crippen molar-refractivity contribution in [3.05, 3.63) is 47.0 Å². The SMILES string of the molecule is NCc1nnc(Cc2ccc(F)c(F)c2)n1C1CC1. The number of benzene rings is 1. The van der Waals surface area contributed by atoms with Crippen LogP contribution < -0.4 is 5.73 Å². The molecule has 6 heteroatoms. The topological polar surface area (TPSA) is 56.7 Å². The van der Waals surface area contributed by atoms with Gasteiger partial charge in [0.15, 0.2) is 11.6 Å². The highest BCUT2D eigenvalue weighted by molar-refractivity contribution is 5.22. The quantitative estimate of drug-likeness (QED) is 0.918. The van der Waals surface area contributed by atoms with Gasteiger partial charge in [-0.3, -0.25) is 0 Å². The van der Waals surface area contributed by atoms with E-state index in [1.807, 2.05) is 4.57 Å². The predicted octanol–water partition coefficient (Wildman–Crippen LogP) is 1.94. The Morgan fingerprint density at radius 3 is 2.53 bits per heavy atom. The van der Waals surface area contributed by atoms with Crippen molar-refractivity contribution in [3.63, 3.8) is 0 Å². The van der Waals surface area contributed by atoms with E-state index >= 15 is 0 Å². The minimum atomic E-state index is -0.839. The molecule has 1 aliphatic carbocycles. The number of rotatable bonds is 4. The lowest BCUT2D eigenvalue weighted by Gasteiger charge is -2.08. The molecule has 1 fully saturated rings. The molecule has 1 heterocycles. The van der Waals surface area contributed by atoms with E-state index in [1.54, 1.807) is 6.07 Å². The Kier molecular flexibility index (Phi) is 3.02. The monoisotopic (exact) mass is 264 g/mol. The maximum atomic E-state index is 13.2. The van der Waals surface area contributed by atoms with Gasteiger partial charge in [0.1, 0.15) is 11.6 Å². The molecule has 0 spiro atoms. The smallest absolute Gasteiger partial charge is 0.159 e. The third-order valence-corrected chi connectivity index (χ3v) is 3.28. The van der Waals surface area contributed by atoms with Crippen molar-refractivity contribution >= 4 is 0 Å². The molecule has 19 heavy (non-hydrogen) atoms. The van der Waals surface area contributed by atoms with Crippen molar-refractivity contribution in [1.29, 1.82) is 0 Å². The molecule has 3 rings (SSSR count). The number of aromatic nitrogens is 3. The Bertz CT molecular complexity index is 605. The number of halogens is 2. The molecule has 0 bridgehead atoms. The Balaban J connectivity index is 1.90. The fourth-order valence-electron chi connectivity index (χ4n) is 2.21. The average Bonchev–Trinajstić information content (AvgIpc) is 3.16. The van der Waals surface area contributed by atoms with Crippen LogP contribution in [0.25, 0.3) is 0 Å². The van der Waals surface area contributed by atoms with Gasteiger partial charge in [-0.15, -0.1) is 10.2 Å². The number of hydrogen-bond acceptors (Lipinski definition) is 3. The van der Waals surface area contributed by atoms with Crippen molar-refractivity contribution < 1.29 is 8.78 Å². The molecular weight excluding hydrogens is 250 g/mol. The highest BCUT2D eigenvalue weighted by Crippen LogP contribution is 2.36. The van der Waals surface area contributed by atoms with Crippen LogP contribution in [0.3, 0.4) is 0 Å². The third kappa shape index (κ3) is 2.35. The van der Waals surface area contributed by atoms with Crippen LogP contribution >= 0.6 is 0 Å². The summed E-state index contributed by atoms with van der Waals surface area (Å²) in [7, 11) is 0. The van der Waals surface area contributed by atoms with E-state index in [0.29, 0.717) is 24.6 Å². The van der Waals surface area contributed by atoms with Gasteiger partial charge in [0, 0.05) is 12.5 Å². The Labute approximate surface area is 109 Å². The second-order valence-electron chi connectivity index (χ2n) is 4.76. The van der Waals surface area contributed by atoms with Crippen molar-refractivity contribution in [3.8, 4) is 0 Å². The molecule has 100 valence electrons. The summed E-state index contributed by atoms with van der Waals surface area (Å²) in [6, 6.07) is 4.30. The lowest BCUT2D eigenvalue weighted by Crippen LogP contribution is -2.10. The molecule has 1 aromatic carbocycles. The number of hydrogen-bond donors (Lipinski definition) is 1. The van der Waals surface area contributed by atoms with E-state index in [0.717, 1.165) is 30.6 Å². The molecule has 1 saturated carbocycles.